The molecule has 2 atom stereocenters. The van der Waals surface area contributed by atoms with E-state index in [4.69, 9.17) is 4.52 Å². The van der Waals surface area contributed by atoms with Gasteiger partial charge in [-0.1, -0.05) is 19.0 Å². The molecule has 1 aliphatic carbocycles. The van der Waals surface area contributed by atoms with Gasteiger partial charge in [0.2, 0.25) is 11.7 Å². The number of hydrogen-bond donors (Lipinski definition) is 0. The molecule has 1 aromatic rings. The average Bonchev–Trinajstić information content (AvgIpc) is 2.56. The van der Waals surface area contributed by atoms with Crippen LogP contribution in [0.25, 0.3) is 0 Å². The van der Waals surface area contributed by atoms with Crippen molar-refractivity contribution in [2.45, 2.75) is 19.8 Å². The van der Waals surface area contributed by atoms with Crippen LogP contribution in [0.15, 0.2) is 4.52 Å². The number of carboxylic acids is 1. The van der Waals surface area contributed by atoms with Crippen molar-refractivity contribution in [2.24, 2.45) is 11.8 Å². The van der Waals surface area contributed by atoms with E-state index in [1.807, 2.05) is 0 Å². The molecular formula is C8H9KN2O3. The Morgan fingerprint density at radius 2 is 2.00 bits per heavy atom. The summed E-state index contributed by atoms with van der Waals surface area (Å²) < 4.78 is 4.81. The minimum absolute atomic E-state index is 0. The third-order valence-electron chi connectivity index (χ3n) is 2.73. The second kappa shape index (κ2) is 4.40. The van der Waals surface area contributed by atoms with E-state index in [2.05, 4.69) is 24.0 Å². The number of hydrogen-bond acceptors (Lipinski definition) is 5. The van der Waals surface area contributed by atoms with E-state index in [0.29, 0.717) is 17.7 Å². The maximum Gasteiger partial charge on any atom is 1.00 e. The molecule has 0 amide bonds. The molecule has 1 fully saturated rings. The van der Waals surface area contributed by atoms with Crippen molar-refractivity contribution >= 4 is 5.97 Å². The van der Waals surface area contributed by atoms with Gasteiger partial charge in [-0.25, -0.2) is 0 Å². The van der Waals surface area contributed by atoms with Crippen molar-refractivity contribution in [1.82, 2.24) is 10.1 Å². The Morgan fingerprint density at radius 3 is 2.36 bits per heavy atom. The minimum Gasteiger partial charge on any atom is -0.541 e. The van der Waals surface area contributed by atoms with Crippen molar-refractivity contribution in [3.05, 3.63) is 11.7 Å². The van der Waals surface area contributed by atoms with Gasteiger partial charge in [-0.05, 0) is 11.8 Å². The number of carboxylic acid groups (broad SMARTS) is 1. The largest absolute Gasteiger partial charge is 1.00 e. The van der Waals surface area contributed by atoms with Crippen molar-refractivity contribution in [2.75, 3.05) is 0 Å². The van der Waals surface area contributed by atoms with Gasteiger partial charge in [0.1, 0.15) is 5.97 Å². The summed E-state index contributed by atoms with van der Waals surface area (Å²) in [7, 11) is 0. The molecule has 1 aromatic heterocycles. The van der Waals surface area contributed by atoms with E-state index in [1.165, 1.54) is 0 Å². The molecule has 0 spiro atoms. The summed E-state index contributed by atoms with van der Waals surface area (Å²) in [5, 5.41) is 13.6. The molecule has 0 bridgehead atoms. The summed E-state index contributed by atoms with van der Waals surface area (Å²) in [6.07, 6.45) is 0. The Hall–Kier alpha value is 0.246. The Bertz CT molecular complexity index is 344. The molecule has 0 aromatic carbocycles. The summed E-state index contributed by atoms with van der Waals surface area (Å²) in [6, 6.07) is 0. The maximum absolute atomic E-state index is 10.3. The van der Waals surface area contributed by atoms with Gasteiger partial charge in [-0.3, -0.25) is 0 Å². The molecule has 2 rings (SSSR count). The van der Waals surface area contributed by atoms with Crippen LogP contribution in [-0.4, -0.2) is 16.1 Å². The second-order valence-electron chi connectivity index (χ2n) is 3.49. The monoisotopic (exact) mass is 220 g/mol. The average molecular weight is 220 g/mol. The Balaban J connectivity index is 0.000000980. The molecule has 0 aliphatic heterocycles. The van der Waals surface area contributed by atoms with Crippen molar-refractivity contribution in [3.8, 4) is 0 Å². The molecule has 1 saturated carbocycles. The molecule has 2 unspecified atom stereocenters. The maximum atomic E-state index is 10.3. The first-order valence-electron chi connectivity index (χ1n) is 4.16. The van der Waals surface area contributed by atoms with Crippen LogP contribution in [-0.2, 0) is 0 Å². The van der Waals surface area contributed by atoms with Crippen LogP contribution in [0.2, 0.25) is 0 Å². The number of carbonyl (C=O) groups excluding carboxylic acids is 1. The fourth-order valence-corrected chi connectivity index (χ4v) is 1.57. The molecule has 5 nitrogen and oxygen atoms in total. The van der Waals surface area contributed by atoms with Crippen LogP contribution >= 0.6 is 0 Å². The topological polar surface area (TPSA) is 79.0 Å². The molecular weight excluding hydrogens is 211 g/mol. The number of carbonyl (C=O) groups is 1. The van der Waals surface area contributed by atoms with Crippen LogP contribution in [0.3, 0.4) is 0 Å². The fourth-order valence-electron chi connectivity index (χ4n) is 1.57. The predicted octanol–water partition coefficient (Wildman–Crippen LogP) is -3.19. The zero-order valence-corrected chi connectivity index (χ0v) is 11.5. The van der Waals surface area contributed by atoms with Gasteiger partial charge in [0.05, 0.1) is 0 Å². The zero-order chi connectivity index (χ0) is 9.59. The van der Waals surface area contributed by atoms with Gasteiger partial charge < -0.3 is 14.4 Å². The van der Waals surface area contributed by atoms with E-state index >= 15 is 0 Å². The number of rotatable bonds is 2. The van der Waals surface area contributed by atoms with Crippen LogP contribution in [0.5, 0.6) is 0 Å². The summed E-state index contributed by atoms with van der Waals surface area (Å²) in [5.41, 5.74) is 0. The van der Waals surface area contributed by atoms with Gasteiger partial charge in [0.25, 0.3) is 0 Å². The minimum atomic E-state index is -1.39. The van der Waals surface area contributed by atoms with Gasteiger partial charge in [0.15, 0.2) is 0 Å². The smallest absolute Gasteiger partial charge is 0.541 e. The first-order chi connectivity index (χ1) is 6.11. The Labute approximate surface area is 124 Å². The molecule has 70 valence electrons. The molecule has 1 aliphatic rings. The van der Waals surface area contributed by atoms with Crippen LogP contribution < -0.4 is 56.5 Å². The Kier molecular flexibility index (Phi) is 3.87. The van der Waals surface area contributed by atoms with Crippen LogP contribution in [0.4, 0.5) is 0 Å². The predicted molar refractivity (Wildman–Crippen MR) is 39.7 cm³/mol. The van der Waals surface area contributed by atoms with E-state index < -0.39 is 5.97 Å². The second-order valence-corrected chi connectivity index (χ2v) is 3.49. The van der Waals surface area contributed by atoms with Crippen molar-refractivity contribution in [3.63, 3.8) is 0 Å². The quantitative estimate of drug-likeness (QED) is 0.491. The SMILES string of the molecule is CC1C(C)C1c1nc(C(=O)[O-])no1.[K+]. The molecule has 0 radical (unpaired) electrons. The fraction of sp³-hybridized carbons (Fsp3) is 0.625. The summed E-state index contributed by atoms with van der Waals surface area (Å²) in [6.45, 7) is 4.14. The van der Waals surface area contributed by atoms with Gasteiger partial charge in [-0.15, -0.1) is 0 Å². The number of nitrogens with zero attached hydrogens (tertiary/aromatic N) is 2. The number of aromatic nitrogens is 2. The molecule has 0 N–H and O–H groups in total. The molecule has 14 heavy (non-hydrogen) atoms. The van der Waals surface area contributed by atoms with Gasteiger partial charge in [0, 0.05) is 5.92 Å². The first kappa shape index (κ1) is 12.3. The molecule has 1 heterocycles. The third kappa shape index (κ3) is 2.09. The normalized spacial score (nSPS) is 29.4. The molecule has 0 saturated heterocycles. The number of aromatic carboxylic acids is 1. The van der Waals surface area contributed by atoms with Gasteiger partial charge in [-0.2, -0.15) is 4.98 Å². The van der Waals surface area contributed by atoms with E-state index in [0.717, 1.165) is 0 Å². The van der Waals surface area contributed by atoms with E-state index in [9.17, 15) is 9.90 Å². The van der Waals surface area contributed by atoms with Crippen LogP contribution in [0, 0.1) is 11.8 Å². The Morgan fingerprint density at radius 1 is 1.43 bits per heavy atom. The van der Waals surface area contributed by atoms with Crippen LogP contribution in [0.1, 0.15) is 36.3 Å². The van der Waals surface area contributed by atoms with E-state index in [1.54, 1.807) is 0 Å². The zero-order valence-electron chi connectivity index (χ0n) is 8.35. The van der Waals surface area contributed by atoms with Crippen molar-refractivity contribution in [1.29, 1.82) is 0 Å². The molecule has 6 heteroatoms. The van der Waals surface area contributed by atoms with E-state index in [-0.39, 0.29) is 63.1 Å². The summed E-state index contributed by atoms with van der Waals surface area (Å²) in [5.74, 6) is -0.123. The summed E-state index contributed by atoms with van der Waals surface area (Å²) in [4.78, 5) is 14.1. The van der Waals surface area contributed by atoms with Gasteiger partial charge >= 0.3 is 51.4 Å². The van der Waals surface area contributed by atoms with Crippen molar-refractivity contribution < 1.29 is 65.8 Å². The third-order valence-corrected chi connectivity index (χ3v) is 2.73. The standard InChI is InChI=1S/C8H10N2O3.K/c1-3-4(2)5(3)7-9-6(8(11)12)10-13-7;/h3-5H,1-2H3,(H,11,12);/q;+1/p-1. The summed E-state index contributed by atoms with van der Waals surface area (Å²) >= 11 is 0. The first-order valence-corrected chi connectivity index (χ1v) is 4.16.